The van der Waals surface area contributed by atoms with Crippen LogP contribution in [0.4, 0.5) is 0 Å². The minimum absolute atomic E-state index is 0.000573. The number of piperidine rings is 1. The molecule has 2 N–H and O–H groups in total. The van der Waals surface area contributed by atoms with E-state index < -0.39 is 0 Å². The van der Waals surface area contributed by atoms with Gasteiger partial charge in [0.1, 0.15) is 12.6 Å². The molecule has 2 nitrogen and oxygen atoms in total. The lowest BCUT2D eigenvalue weighted by Gasteiger charge is -2.46. The molecule has 0 radical (unpaired) electrons. The summed E-state index contributed by atoms with van der Waals surface area (Å²) in [4.78, 5) is 1.67. The smallest absolute Gasteiger partial charge is 0.112 e. The maximum absolute atomic E-state index is 11.0. The van der Waals surface area contributed by atoms with Gasteiger partial charge in [0.2, 0.25) is 0 Å². The van der Waals surface area contributed by atoms with E-state index in [4.69, 9.17) is 11.6 Å². The zero-order valence-corrected chi connectivity index (χ0v) is 13.3. The van der Waals surface area contributed by atoms with Crippen LogP contribution < -0.4 is 4.90 Å². The van der Waals surface area contributed by atoms with Crippen LogP contribution in [-0.2, 0) is 5.41 Å². The molecule has 2 aliphatic carbocycles. The van der Waals surface area contributed by atoms with Crippen LogP contribution in [0.5, 0.6) is 0 Å². The quantitative estimate of drug-likeness (QED) is 0.876. The number of benzene rings is 1. The van der Waals surface area contributed by atoms with E-state index in [-0.39, 0.29) is 11.5 Å². The minimum atomic E-state index is -0.207. The predicted molar refractivity (Wildman–Crippen MR) is 84.8 cm³/mol. The Morgan fingerprint density at radius 1 is 1.24 bits per heavy atom. The number of likely N-dealkylation sites (tertiary alicyclic amines) is 1. The molecule has 1 aromatic rings. The predicted octanol–water partition coefficient (Wildman–Crippen LogP) is 2.19. The lowest BCUT2D eigenvalue weighted by molar-refractivity contribution is -0.921. The summed E-state index contributed by atoms with van der Waals surface area (Å²) in [5.41, 5.74) is 1.29. The zero-order valence-electron chi connectivity index (χ0n) is 12.5. The van der Waals surface area contributed by atoms with Crippen molar-refractivity contribution in [2.24, 2.45) is 5.92 Å². The van der Waals surface area contributed by atoms with Crippen LogP contribution >= 0.6 is 11.6 Å². The van der Waals surface area contributed by atoms with Crippen molar-refractivity contribution in [3.63, 3.8) is 0 Å². The second kappa shape index (κ2) is 5.26. The van der Waals surface area contributed by atoms with Crippen LogP contribution in [0.2, 0.25) is 5.02 Å². The van der Waals surface area contributed by atoms with Crippen LogP contribution in [0.3, 0.4) is 0 Å². The molecule has 4 unspecified atom stereocenters. The standard InChI is InChI=1S/C18H24ClNO/c19-15-5-3-14(4-6-15)18(8-1-9-18)17(21)12-20-11-13-2-7-16(20)10-13/h3-6,13,16-17,21H,1-2,7-12H2/p+1. The molecule has 0 amide bonds. The van der Waals surface area contributed by atoms with Crippen molar-refractivity contribution >= 4 is 11.6 Å². The number of quaternary nitrogens is 1. The Kier molecular flexibility index (Phi) is 3.52. The summed E-state index contributed by atoms with van der Waals surface area (Å²) in [5, 5.41) is 11.8. The highest BCUT2D eigenvalue weighted by Crippen LogP contribution is 2.46. The van der Waals surface area contributed by atoms with E-state index in [1.807, 2.05) is 12.1 Å². The molecular weight excluding hydrogens is 282 g/mol. The lowest BCUT2D eigenvalue weighted by Crippen LogP contribution is -3.15. The number of halogens is 1. The van der Waals surface area contributed by atoms with E-state index >= 15 is 0 Å². The van der Waals surface area contributed by atoms with E-state index in [9.17, 15) is 5.11 Å². The van der Waals surface area contributed by atoms with Crippen molar-refractivity contribution < 1.29 is 10.0 Å². The van der Waals surface area contributed by atoms with Gasteiger partial charge in [0, 0.05) is 22.8 Å². The Bertz CT molecular complexity index is 510. The molecule has 2 saturated carbocycles. The van der Waals surface area contributed by atoms with Gasteiger partial charge in [0.15, 0.2) is 0 Å². The van der Waals surface area contributed by atoms with Gasteiger partial charge in [-0.15, -0.1) is 0 Å². The average Bonchev–Trinajstić information content (AvgIpc) is 3.02. The van der Waals surface area contributed by atoms with Gasteiger partial charge in [-0.05, 0) is 43.4 Å². The van der Waals surface area contributed by atoms with E-state index in [1.165, 1.54) is 37.8 Å². The monoisotopic (exact) mass is 306 g/mol. The van der Waals surface area contributed by atoms with Gasteiger partial charge in [-0.3, -0.25) is 0 Å². The van der Waals surface area contributed by atoms with Gasteiger partial charge in [0.05, 0.1) is 12.6 Å². The fourth-order valence-electron chi connectivity index (χ4n) is 5.02. The van der Waals surface area contributed by atoms with Crippen molar-refractivity contribution in [2.75, 3.05) is 13.1 Å². The highest BCUT2D eigenvalue weighted by Gasteiger charge is 2.49. The normalized spacial score (nSPS) is 34.7. The summed E-state index contributed by atoms with van der Waals surface area (Å²) in [6.07, 6.45) is 7.47. The first kappa shape index (κ1) is 14.0. The van der Waals surface area contributed by atoms with Crippen LogP contribution in [0.1, 0.15) is 44.1 Å². The Labute approximate surface area is 132 Å². The van der Waals surface area contributed by atoms with Gasteiger partial charge in [-0.1, -0.05) is 30.2 Å². The molecule has 3 fully saturated rings. The molecule has 2 bridgehead atoms. The Morgan fingerprint density at radius 3 is 2.52 bits per heavy atom. The highest BCUT2D eigenvalue weighted by molar-refractivity contribution is 6.30. The molecule has 3 aliphatic rings. The van der Waals surface area contributed by atoms with Gasteiger partial charge in [-0.2, -0.15) is 0 Å². The van der Waals surface area contributed by atoms with Gasteiger partial charge in [-0.25, -0.2) is 0 Å². The third-order valence-electron chi connectivity index (χ3n) is 6.43. The Balaban J connectivity index is 1.51. The molecule has 1 aromatic carbocycles. The van der Waals surface area contributed by atoms with E-state index in [0.29, 0.717) is 0 Å². The first-order valence-corrected chi connectivity index (χ1v) is 8.84. The number of fused-ring (bicyclic) bond motifs is 2. The topological polar surface area (TPSA) is 24.7 Å². The SMILES string of the molecule is OC(C[NH+]1CC2CCC1C2)C1(c2ccc(Cl)cc2)CCC1. The summed E-state index contributed by atoms with van der Waals surface area (Å²) in [5.74, 6) is 0.935. The average molecular weight is 307 g/mol. The molecule has 0 aromatic heterocycles. The molecule has 1 saturated heterocycles. The lowest BCUT2D eigenvalue weighted by atomic mass is 9.61. The highest BCUT2D eigenvalue weighted by atomic mass is 35.5. The summed E-state index contributed by atoms with van der Waals surface area (Å²) in [7, 11) is 0. The molecular formula is C18H25ClNO+. The molecule has 1 aliphatic heterocycles. The van der Waals surface area contributed by atoms with Gasteiger partial charge in [0.25, 0.3) is 0 Å². The van der Waals surface area contributed by atoms with Crippen molar-refractivity contribution in [2.45, 2.75) is 56.1 Å². The summed E-state index contributed by atoms with van der Waals surface area (Å²) < 4.78 is 0. The van der Waals surface area contributed by atoms with Crippen LogP contribution in [-0.4, -0.2) is 30.3 Å². The van der Waals surface area contributed by atoms with Crippen molar-refractivity contribution in [3.8, 4) is 0 Å². The van der Waals surface area contributed by atoms with Gasteiger partial charge >= 0.3 is 0 Å². The number of aliphatic hydroxyl groups excluding tert-OH is 1. The van der Waals surface area contributed by atoms with E-state index in [2.05, 4.69) is 12.1 Å². The summed E-state index contributed by atoms with van der Waals surface area (Å²) >= 11 is 6.02. The molecule has 21 heavy (non-hydrogen) atoms. The number of aliphatic hydroxyl groups is 1. The Morgan fingerprint density at radius 2 is 2.00 bits per heavy atom. The number of rotatable bonds is 4. The number of nitrogens with one attached hydrogen (secondary N) is 1. The number of hydrogen-bond donors (Lipinski definition) is 2. The Hall–Kier alpha value is -0.570. The molecule has 3 heteroatoms. The van der Waals surface area contributed by atoms with Crippen molar-refractivity contribution in [3.05, 3.63) is 34.9 Å². The molecule has 0 spiro atoms. The van der Waals surface area contributed by atoms with Crippen LogP contribution in [0.25, 0.3) is 0 Å². The number of hydrogen-bond acceptors (Lipinski definition) is 1. The maximum atomic E-state index is 11.0. The largest absolute Gasteiger partial charge is 0.386 e. The third-order valence-corrected chi connectivity index (χ3v) is 6.68. The first-order valence-electron chi connectivity index (χ1n) is 8.46. The van der Waals surface area contributed by atoms with Crippen LogP contribution in [0, 0.1) is 5.92 Å². The van der Waals surface area contributed by atoms with Crippen molar-refractivity contribution in [1.29, 1.82) is 0 Å². The minimum Gasteiger partial charge on any atom is -0.386 e. The molecule has 1 heterocycles. The molecule has 4 atom stereocenters. The second-order valence-electron chi connectivity index (χ2n) is 7.47. The fraction of sp³-hybridized carbons (Fsp3) is 0.667. The fourth-order valence-corrected chi connectivity index (χ4v) is 5.14. The maximum Gasteiger partial charge on any atom is 0.112 e. The summed E-state index contributed by atoms with van der Waals surface area (Å²) in [6.45, 7) is 2.22. The second-order valence-corrected chi connectivity index (χ2v) is 7.91. The van der Waals surface area contributed by atoms with E-state index in [0.717, 1.165) is 36.4 Å². The van der Waals surface area contributed by atoms with Gasteiger partial charge < -0.3 is 10.0 Å². The summed E-state index contributed by atoms with van der Waals surface area (Å²) in [6, 6.07) is 9.00. The zero-order chi connectivity index (χ0) is 14.4. The van der Waals surface area contributed by atoms with Crippen molar-refractivity contribution in [1.82, 2.24) is 0 Å². The van der Waals surface area contributed by atoms with E-state index in [1.54, 1.807) is 4.90 Å². The third kappa shape index (κ3) is 2.32. The molecule has 114 valence electrons. The molecule has 4 rings (SSSR count). The first-order chi connectivity index (χ1) is 10.2. The van der Waals surface area contributed by atoms with Crippen LogP contribution in [0.15, 0.2) is 24.3 Å².